The molecule has 0 saturated heterocycles. The third-order valence-corrected chi connectivity index (χ3v) is 4.03. The molecule has 1 aliphatic carbocycles. The second-order valence-corrected chi connectivity index (χ2v) is 5.65. The van der Waals surface area contributed by atoms with Gasteiger partial charge in [-0.15, -0.1) is 0 Å². The highest BCUT2D eigenvalue weighted by Crippen LogP contribution is 2.29. The van der Waals surface area contributed by atoms with E-state index < -0.39 is 17.7 Å². The van der Waals surface area contributed by atoms with Gasteiger partial charge in [0.2, 0.25) is 0 Å². The number of halogens is 2. The van der Waals surface area contributed by atoms with Gasteiger partial charge in [0.25, 0.3) is 0 Å². The average molecular weight is 292 g/mol. The van der Waals surface area contributed by atoms with Crippen molar-refractivity contribution in [3.05, 3.63) is 53.4 Å². The van der Waals surface area contributed by atoms with Crippen LogP contribution >= 0.6 is 0 Å². The molecule has 2 aromatic rings. The first-order valence-corrected chi connectivity index (χ1v) is 7.30. The Hall–Kier alpha value is -1.75. The van der Waals surface area contributed by atoms with Crippen molar-refractivity contribution in [2.24, 2.45) is 0 Å². The second-order valence-electron chi connectivity index (χ2n) is 5.65. The first-order chi connectivity index (χ1) is 10.1. The summed E-state index contributed by atoms with van der Waals surface area (Å²) in [7, 11) is 0. The zero-order chi connectivity index (χ0) is 14.8. The van der Waals surface area contributed by atoms with Gasteiger partial charge in [0.05, 0.1) is 17.8 Å². The van der Waals surface area contributed by atoms with E-state index in [1.54, 1.807) is 0 Å². The third kappa shape index (κ3) is 3.29. The Kier molecular flexibility index (Phi) is 4.01. The van der Waals surface area contributed by atoms with Gasteiger partial charge in [-0.25, -0.2) is 8.78 Å². The van der Waals surface area contributed by atoms with Gasteiger partial charge in [-0.2, -0.15) is 5.10 Å². The quantitative estimate of drug-likeness (QED) is 0.935. The molecular formula is C16H18F2N2O. The van der Waals surface area contributed by atoms with E-state index in [0.717, 1.165) is 36.7 Å². The molecule has 1 aromatic carbocycles. The molecule has 1 atom stereocenters. The number of hydrogen-bond donors (Lipinski definition) is 1. The summed E-state index contributed by atoms with van der Waals surface area (Å²) in [5, 5.41) is 14.6. The van der Waals surface area contributed by atoms with Gasteiger partial charge in [0.15, 0.2) is 0 Å². The fourth-order valence-electron chi connectivity index (χ4n) is 2.94. The Labute approximate surface area is 122 Å². The van der Waals surface area contributed by atoms with Crippen molar-refractivity contribution in [1.29, 1.82) is 0 Å². The summed E-state index contributed by atoms with van der Waals surface area (Å²) in [4.78, 5) is 0. The molecule has 0 aliphatic heterocycles. The molecule has 1 fully saturated rings. The van der Waals surface area contributed by atoms with E-state index in [9.17, 15) is 13.9 Å². The number of rotatable bonds is 4. The molecule has 21 heavy (non-hydrogen) atoms. The summed E-state index contributed by atoms with van der Waals surface area (Å²) < 4.78 is 28.3. The standard InChI is InChI=1S/C16H18F2N2O/c17-12-7-11(8-13(18)9-12)16(21)10-14-5-6-20(19-14)15-3-1-2-4-15/h5-9,15-16,21H,1-4,10H2. The maximum Gasteiger partial charge on any atom is 0.126 e. The molecule has 0 radical (unpaired) electrons. The fraction of sp³-hybridized carbons (Fsp3) is 0.438. The average Bonchev–Trinajstić information content (AvgIpc) is 3.07. The summed E-state index contributed by atoms with van der Waals surface area (Å²) in [6, 6.07) is 5.41. The van der Waals surface area contributed by atoms with E-state index in [2.05, 4.69) is 5.10 Å². The zero-order valence-electron chi connectivity index (χ0n) is 11.7. The van der Waals surface area contributed by atoms with Gasteiger partial charge in [0, 0.05) is 18.7 Å². The predicted molar refractivity (Wildman–Crippen MR) is 74.8 cm³/mol. The van der Waals surface area contributed by atoms with Crippen LogP contribution in [0.1, 0.15) is 49.1 Å². The lowest BCUT2D eigenvalue weighted by Crippen LogP contribution is -2.07. The van der Waals surface area contributed by atoms with E-state index in [-0.39, 0.29) is 12.0 Å². The molecule has 112 valence electrons. The summed E-state index contributed by atoms with van der Waals surface area (Å²) in [5.74, 6) is -1.36. The van der Waals surface area contributed by atoms with Crippen molar-refractivity contribution in [1.82, 2.24) is 9.78 Å². The number of aromatic nitrogens is 2. The smallest absolute Gasteiger partial charge is 0.126 e. The van der Waals surface area contributed by atoms with Crippen molar-refractivity contribution in [3.63, 3.8) is 0 Å². The first-order valence-electron chi connectivity index (χ1n) is 7.30. The Morgan fingerprint density at radius 1 is 1.19 bits per heavy atom. The largest absolute Gasteiger partial charge is 0.388 e. The lowest BCUT2D eigenvalue weighted by molar-refractivity contribution is 0.176. The van der Waals surface area contributed by atoms with Crippen molar-refractivity contribution < 1.29 is 13.9 Å². The number of hydrogen-bond acceptors (Lipinski definition) is 2. The molecule has 1 N–H and O–H groups in total. The van der Waals surface area contributed by atoms with Crippen LogP contribution < -0.4 is 0 Å². The third-order valence-electron chi connectivity index (χ3n) is 4.03. The van der Waals surface area contributed by atoms with Crippen LogP contribution in [0.5, 0.6) is 0 Å². The number of benzene rings is 1. The summed E-state index contributed by atoms with van der Waals surface area (Å²) in [6.07, 6.45) is 5.95. The minimum atomic E-state index is -0.956. The van der Waals surface area contributed by atoms with E-state index in [4.69, 9.17) is 0 Å². The number of aliphatic hydroxyl groups is 1. The maximum atomic E-state index is 13.2. The van der Waals surface area contributed by atoms with Crippen molar-refractivity contribution in [2.45, 2.75) is 44.2 Å². The Bertz CT molecular complexity index is 600. The SMILES string of the molecule is OC(Cc1ccn(C2CCCC2)n1)c1cc(F)cc(F)c1. The molecule has 5 heteroatoms. The molecule has 1 heterocycles. The fourth-order valence-corrected chi connectivity index (χ4v) is 2.94. The van der Waals surface area contributed by atoms with E-state index in [1.165, 1.54) is 12.8 Å². The second kappa shape index (κ2) is 5.93. The maximum absolute atomic E-state index is 13.2. The minimum Gasteiger partial charge on any atom is -0.388 e. The topological polar surface area (TPSA) is 38.0 Å². The summed E-state index contributed by atoms with van der Waals surface area (Å²) >= 11 is 0. The molecule has 3 nitrogen and oxygen atoms in total. The monoisotopic (exact) mass is 292 g/mol. The highest BCUT2D eigenvalue weighted by Gasteiger charge is 2.19. The van der Waals surface area contributed by atoms with Gasteiger partial charge >= 0.3 is 0 Å². The van der Waals surface area contributed by atoms with Crippen LogP contribution in [0.25, 0.3) is 0 Å². The van der Waals surface area contributed by atoms with Crippen LogP contribution in [0.4, 0.5) is 8.78 Å². The zero-order valence-corrected chi connectivity index (χ0v) is 11.7. The number of aliphatic hydroxyl groups excluding tert-OH is 1. The predicted octanol–water partition coefficient (Wildman–Crippen LogP) is 3.55. The summed E-state index contributed by atoms with van der Waals surface area (Å²) in [5.41, 5.74) is 0.974. The minimum absolute atomic E-state index is 0.239. The lowest BCUT2D eigenvalue weighted by atomic mass is 10.0. The molecule has 1 aliphatic rings. The van der Waals surface area contributed by atoms with Crippen LogP contribution in [0, 0.1) is 11.6 Å². The lowest BCUT2D eigenvalue weighted by Gasteiger charge is -2.11. The van der Waals surface area contributed by atoms with Gasteiger partial charge in [-0.3, -0.25) is 4.68 Å². The normalized spacial score (nSPS) is 17.3. The van der Waals surface area contributed by atoms with E-state index in [1.807, 2.05) is 16.9 Å². The Morgan fingerprint density at radius 3 is 2.52 bits per heavy atom. The summed E-state index contributed by atoms with van der Waals surface area (Å²) in [6.45, 7) is 0. The molecule has 0 spiro atoms. The van der Waals surface area contributed by atoms with Crippen LogP contribution in [-0.4, -0.2) is 14.9 Å². The van der Waals surface area contributed by atoms with Gasteiger partial charge < -0.3 is 5.11 Å². The molecule has 3 rings (SSSR count). The van der Waals surface area contributed by atoms with Crippen molar-refractivity contribution in [2.75, 3.05) is 0 Å². The molecule has 1 saturated carbocycles. The molecular weight excluding hydrogens is 274 g/mol. The van der Waals surface area contributed by atoms with Crippen LogP contribution in [0.2, 0.25) is 0 Å². The molecule has 1 unspecified atom stereocenters. The van der Waals surface area contributed by atoms with Crippen LogP contribution in [0.15, 0.2) is 30.5 Å². The Balaban J connectivity index is 1.70. The molecule has 0 bridgehead atoms. The van der Waals surface area contributed by atoms with Gasteiger partial charge in [-0.05, 0) is 36.6 Å². The van der Waals surface area contributed by atoms with E-state index >= 15 is 0 Å². The van der Waals surface area contributed by atoms with Crippen LogP contribution in [0.3, 0.4) is 0 Å². The van der Waals surface area contributed by atoms with Crippen molar-refractivity contribution in [3.8, 4) is 0 Å². The highest BCUT2D eigenvalue weighted by molar-refractivity contribution is 5.21. The van der Waals surface area contributed by atoms with E-state index in [0.29, 0.717) is 6.04 Å². The molecule has 0 amide bonds. The highest BCUT2D eigenvalue weighted by atomic mass is 19.1. The van der Waals surface area contributed by atoms with Gasteiger partial charge in [-0.1, -0.05) is 12.8 Å². The Morgan fingerprint density at radius 2 is 1.86 bits per heavy atom. The number of nitrogens with zero attached hydrogens (tertiary/aromatic N) is 2. The van der Waals surface area contributed by atoms with Crippen molar-refractivity contribution >= 4 is 0 Å². The van der Waals surface area contributed by atoms with Crippen LogP contribution in [-0.2, 0) is 6.42 Å². The molecule has 1 aromatic heterocycles. The van der Waals surface area contributed by atoms with Gasteiger partial charge in [0.1, 0.15) is 11.6 Å². The first kappa shape index (κ1) is 14.2.